The van der Waals surface area contributed by atoms with Gasteiger partial charge in [0, 0.05) is 23.7 Å². The van der Waals surface area contributed by atoms with Crippen LogP contribution >= 0.6 is 0 Å². The van der Waals surface area contributed by atoms with Gasteiger partial charge in [-0.2, -0.15) is 0 Å². The molecule has 0 fully saturated rings. The fourth-order valence-electron chi connectivity index (χ4n) is 3.30. The number of H-pyrrole nitrogens is 1. The molecular formula is C19H19N2+. The number of fused-ring (bicyclic) bond motifs is 2. The first-order chi connectivity index (χ1) is 10.3. The maximum atomic E-state index is 3.67. The summed E-state index contributed by atoms with van der Waals surface area (Å²) in [6.07, 6.45) is 3.55. The van der Waals surface area contributed by atoms with Crippen LogP contribution in [0.15, 0.2) is 48.5 Å². The lowest BCUT2D eigenvalue weighted by atomic mass is 10.1. The van der Waals surface area contributed by atoms with Gasteiger partial charge in [0.25, 0.3) is 0 Å². The zero-order valence-electron chi connectivity index (χ0n) is 12.2. The molecule has 1 aliphatic rings. The van der Waals surface area contributed by atoms with E-state index < -0.39 is 0 Å². The van der Waals surface area contributed by atoms with Gasteiger partial charge in [-0.05, 0) is 43.5 Å². The molecule has 1 aliphatic carbocycles. The predicted octanol–water partition coefficient (Wildman–Crippen LogP) is 4.19. The van der Waals surface area contributed by atoms with Crippen LogP contribution in [0, 0.1) is 6.92 Å². The number of aromatic amines is 1. The molecule has 0 saturated heterocycles. The first kappa shape index (κ1) is 12.4. The van der Waals surface area contributed by atoms with E-state index in [1.54, 1.807) is 0 Å². The lowest BCUT2D eigenvalue weighted by molar-refractivity contribution is -0.356. The minimum Gasteiger partial charge on any atom is -0.354 e. The molecule has 0 radical (unpaired) electrons. The van der Waals surface area contributed by atoms with Crippen LogP contribution in [0.5, 0.6) is 0 Å². The van der Waals surface area contributed by atoms with E-state index in [0.717, 1.165) is 12.8 Å². The Bertz CT molecular complexity index is 821. The Kier molecular flexibility index (Phi) is 2.88. The standard InChI is InChI=1S/C19H18N2/c1-13-6-4-7-14(12-13)20-19-15-8-2-3-10-17(15)21-18-11-5-9-16(18)19/h2-4,6-8,10,12H,5,9,11H2,1H3,(H,20,21)/p+1. The molecule has 21 heavy (non-hydrogen) atoms. The summed E-state index contributed by atoms with van der Waals surface area (Å²) < 4.78 is 0. The second-order valence-electron chi connectivity index (χ2n) is 5.85. The number of aromatic nitrogens is 1. The Morgan fingerprint density at radius 2 is 1.90 bits per heavy atom. The number of aryl methyl sites for hydroxylation is 2. The van der Waals surface area contributed by atoms with Crippen molar-refractivity contribution in [3.63, 3.8) is 0 Å². The average molecular weight is 275 g/mol. The fraction of sp³-hybridized carbons (Fsp3) is 0.211. The number of pyridine rings is 1. The molecule has 0 saturated carbocycles. The number of benzene rings is 2. The SMILES string of the molecule is Cc1cccc(Nc2c3c([nH+]c4ccccc24)CCC3)c1. The van der Waals surface area contributed by atoms with Crippen molar-refractivity contribution in [2.45, 2.75) is 26.2 Å². The average Bonchev–Trinajstić information content (AvgIpc) is 2.95. The topological polar surface area (TPSA) is 26.2 Å². The van der Waals surface area contributed by atoms with Gasteiger partial charge in [-0.25, -0.2) is 4.98 Å². The molecule has 0 amide bonds. The lowest BCUT2D eigenvalue weighted by Crippen LogP contribution is -2.13. The van der Waals surface area contributed by atoms with E-state index in [0.29, 0.717) is 0 Å². The van der Waals surface area contributed by atoms with Crippen molar-refractivity contribution in [1.82, 2.24) is 0 Å². The van der Waals surface area contributed by atoms with Crippen LogP contribution in [0.3, 0.4) is 0 Å². The van der Waals surface area contributed by atoms with E-state index in [1.165, 1.54) is 45.5 Å². The van der Waals surface area contributed by atoms with Crippen LogP contribution in [-0.4, -0.2) is 0 Å². The molecular weight excluding hydrogens is 256 g/mol. The number of rotatable bonds is 2. The van der Waals surface area contributed by atoms with Gasteiger partial charge in [0.1, 0.15) is 0 Å². The summed E-state index contributed by atoms with van der Waals surface area (Å²) in [7, 11) is 0. The van der Waals surface area contributed by atoms with Gasteiger partial charge in [0.15, 0.2) is 5.69 Å². The first-order valence-electron chi connectivity index (χ1n) is 7.61. The van der Waals surface area contributed by atoms with Crippen molar-refractivity contribution in [1.29, 1.82) is 0 Å². The van der Waals surface area contributed by atoms with Crippen molar-refractivity contribution in [3.8, 4) is 0 Å². The molecule has 1 heterocycles. The van der Waals surface area contributed by atoms with E-state index in [1.807, 2.05) is 0 Å². The number of para-hydroxylation sites is 1. The van der Waals surface area contributed by atoms with Gasteiger partial charge < -0.3 is 5.32 Å². The number of anilines is 2. The largest absolute Gasteiger partial charge is 0.354 e. The Hall–Kier alpha value is -2.35. The highest BCUT2D eigenvalue weighted by Crippen LogP contribution is 2.34. The van der Waals surface area contributed by atoms with Crippen molar-refractivity contribution in [3.05, 3.63) is 65.4 Å². The molecule has 104 valence electrons. The lowest BCUT2D eigenvalue weighted by Gasteiger charge is -2.12. The first-order valence-corrected chi connectivity index (χ1v) is 7.61. The Labute approximate surface area is 124 Å². The molecule has 1 aromatic heterocycles. The van der Waals surface area contributed by atoms with E-state index in [2.05, 4.69) is 65.8 Å². The van der Waals surface area contributed by atoms with Crippen LogP contribution in [0.2, 0.25) is 0 Å². The molecule has 4 rings (SSSR count). The molecule has 2 heteroatoms. The zero-order chi connectivity index (χ0) is 14.2. The predicted molar refractivity (Wildman–Crippen MR) is 87.0 cm³/mol. The Morgan fingerprint density at radius 3 is 2.81 bits per heavy atom. The van der Waals surface area contributed by atoms with Gasteiger partial charge in [-0.1, -0.05) is 24.3 Å². The molecule has 0 unspecified atom stereocenters. The van der Waals surface area contributed by atoms with E-state index in [9.17, 15) is 0 Å². The summed E-state index contributed by atoms with van der Waals surface area (Å²) in [4.78, 5) is 3.60. The summed E-state index contributed by atoms with van der Waals surface area (Å²) in [6.45, 7) is 2.13. The summed E-state index contributed by atoms with van der Waals surface area (Å²) in [5.74, 6) is 0. The minimum absolute atomic E-state index is 1.16. The monoisotopic (exact) mass is 275 g/mol. The maximum absolute atomic E-state index is 3.67. The summed E-state index contributed by atoms with van der Waals surface area (Å²) in [5, 5.41) is 4.95. The number of hydrogen-bond acceptors (Lipinski definition) is 1. The molecule has 2 N–H and O–H groups in total. The van der Waals surface area contributed by atoms with Crippen LogP contribution in [0.25, 0.3) is 10.9 Å². The number of nitrogens with one attached hydrogen (secondary N) is 2. The van der Waals surface area contributed by atoms with Crippen LogP contribution < -0.4 is 10.3 Å². The molecule has 0 bridgehead atoms. The fourth-order valence-corrected chi connectivity index (χ4v) is 3.30. The minimum atomic E-state index is 1.16. The van der Waals surface area contributed by atoms with Gasteiger partial charge >= 0.3 is 0 Å². The molecule has 0 atom stereocenters. The highest BCUT2D eigenvalue weighted by molar-refractivity contribution is 5.93. The molecule has 3 aromatic rings. The van der Waals surface area contributed by atoms with Crippen LogP contribution in [-0.2, 0) is 12.8 Å². The second kappa shape index (κ2) is 4.88. The smallest absolute Gasteiger partial charge is 0.213 e. The van der Waals surface area contributed by atoms with Crippen molar-refractivity contribution in [2.24, 2.45) is 0 Å². The van der Waals surface area contributed by atoms with Gasteiger partial charge in [0.05, 0.1) is 11.1 Å². The highest BCUT2D eigenvalue weighted by atomic mass is 14.9. The third-order valence-corrected chi connectivity index (χ3v) is 4.29. The normalized spacial score (nSPS) is 13.4. The summed E-state index contributed by atoms with van der Waals surface area (Å²) in [5.41, 5.74) is 7.79. The third-order valence-electron chi connectivity index (χ3n) is 4.29. The van der Waals surface area contributed by atoms with Gasteiger partial charge in [-0.3, -0.25) is 0 Å². The van der Waals surface area contributed by atoms with E-state index in [-0.39, 0.29) is 0 Å². The van der Waals surface area contributed by atoms with Crippen LogP contribution in [0.4, 0.5) is 11.4 Å². The van der Waals surface area contributed by atoms with E-state index in [4.69, 9.17) is 0 Å². The molecule has 2 aromatic carbocycles. The second-order valence-corrected chi connectivity index (χ2v) is 5.85. The maximum Gasteiger partial charge on any atom is 0.213 e. The molecule has 2 nitrogen and oxygen atoms in total. The van der Waals surface area contributed by atoms with Crippen LogP contribution in [0.1, 0.15) is 23.2 Å². The summed E-state index contributed by atoms with van der Waals surface area (Å²) >= 11 is 0. The Balaban J connectivity index is 1.90. The highest BCUT2D eigenvalue weighted by Gasteiger charge is 2.24. The van der Waals surface area contributed by atoms with Gasteiger partial charge in [-0.15, -0.1) is 0 Å². The Morgan fingerprint density at radius 1 is 1.00 bits per heavy atom. The van der Waals surface area contributed by atoms with Gasteiger partial charge in [0.2, 0.25) is 5.52 Å². The molecule has 0 spiro atoms. The van der Waals surface area contributed by atoms with Crippen molar-refractivity contribution < 1.29 is 4.98 Å². The van der Waals surface area contributed by atoms with E-state index >= 15 is 0 Å². The number of hydrogen-bond donors (Lipinski definition) is 1. The zero-order valence-corrected chi connectivity index (χ0v) is 12.2. The third kappa shape index (κ3) is 2.17. The molecule has 0 aliphatic heterocycles. The quantitative estimate of drug-likeness (QED) is 0.745. The van der Waals surface area contributed by atoms with Crippen molar-refractivity contribution >= 4 is 22.3 Å². The van der Waals surface area contributed by atoms with Crippen molar-refractivity contribution in [2.75, 3.05) is 5.32 Å². The summed E-state index contributed by atoms with van der Waals surface area (Å²) in [6, 6.07) is 17.1.